The van der Waals surface area contributed by atoms with E-state index in [9.17, 15) is 4.79 Å². The van der Waals surface area contributed by atoms with Crippen molar-refractivity contribution >= 4 is 34.3 Å². The molecule has 3 aromatic rings. The SMILES string of the molecule is CC(C)CSc1nc2ccccc2c(=O)n1Cc1ccccc1Cl. The number of rotatable bonds is 5. The molecular weight excluding hydrogens is 340 g/mol. The Kier molecular flexibility index (Phi) is 5.27. The van der Waals surface area contributed by atoms with Crippen LogP contribution in [0.25, 0.3) is 10.9 Å². The molecule has 0 fully saturated rings. The van der Waals surface area contributed by atoms with Gasteiger partial charge in [0, 0.05) is 10.8 Å². The number of para-hydroxylation sites is 1. The van der Waals surface area contributed by atoms with E-state index in [1.807, 2.05) is 48.5 Å². The summed E-state index contributed by atoms with van der Waals surface area (Å²) >= 11 is 7.90. The fourth-order valence-electron chi connectivity index (χ4n) is 2.44. The molecule has 0 atom stereocenters. The van der Waals surface area contributed by atoms with Gasteiger partial charge in [0.1, 0.15) is 0 Å². The number of hydrogen-bond acceptors (Lipinski definition) is 3. The van der Waals surface area contributed by atoms with Gasteiger partial charge in [-0.2, -0.15) is 0 Å². The lowest BCUT2D eigenvalue weighted by Crippen LogP contribution is -2.24. The first kappa shape index (κ1) is 17.1. The zero-order valence-electron chi connectivity index (χ0n) is 13.7. The van der Waals surface area contributed by atoms with Crippen molar-refractivity contribution in [3.05, 3.63) is 69.5 Å². The van der Waals surface area contributed by atoms with E-state index in [0.29, 0.717) is 22.9 Å². The third-order valence-electron chi connectivity index (χ3n) is 3.66. The average molecular weight is 359 g/mol. The van der Waals surface area contributed by atoms with Crippen LogP contribution in [-0.4, -0.2) is 15.3 Å². The molecule has 0 aliphatic carbocycles. The van der Waals surface area contributed by atoms with Crippen molar-refractivity contribution in [3.8, 4) is 0 Å². The number of halogens is 1. The summed E-state index contributed by atoms with van der Waals surface area (Å²) < 4.78 is 1.73. The highest BCUT2D eigenvalue weighted by molar-refractivity contribution is 7.99. The van der Waals surface area contributed by atoms with Crippen LogP contribution < -0.4 is 5.56 Å². The van der Waals surface area contributed by atoms with Crippen LogP contribution >= 0.6 is 23.4 Å². The van der Waals surface area contributed by atoms with Gasteiger partial charge in [0.15, 0.2) is 5.16 Å². The minimum Gasteiger partial charge on any atom is -0.283 e. The highest BCUT2D eigenvalue weighted by Gasteiger charge is 2.13. The van der Waals surface area contributed by atoms with Gasteiger partial charge in [-0.25, -0.2) is 4.98 Å². The lowest BCUT2D eigenvalue weighted by Gasteiger charge is -2.14. The van der Waals surface area contributed by atoms with E-state index >= 15 is 0 Å². The summed E-state index contributed by atoms with van der Waals surface area (Å²) in [6, 6.07) is 15.1. The second-order valence-electron chi connectivity index (χ2n) is 6.10. The van der Waals surface area contributed by atoms with Crippen LogP contribution in [0, 0.1) is 5.92 Å². The molecule has 0 amide bonds. The molecule has 0 unspecified atom stereocenters. The third-order valence-corrected chi connectivity index (χ3v) is 5.43. The number of hydrogen-bond donors (Lipinski definition) is 0. The molecule has 0 saturated carbocycles. The third kappa shape index (κ3) is 3.65. The van der Waals surface area contributed by atoms with E-state index in [1.165, 1.54) is 0 Å². The van der Waals surface area contributed by atoms with Gasteiger partial charge in [0.25, 0.3) is 5.56 Å². The predicted octanol–water partition coefficient (Wildman–Crippen LogP) is 4.85. The molecule has 0 bridgehead atoms. The molecule has 0 N–H and O–H groups in total. The molecule has 3 rings (SSSR count). The Morgan fingerprint density at radius 1 is 1.12 bits per heavy atom. The van der Waals surface area contributed by atoms with E-state index in [0.717, 1.165) is 22.0 Å². The first-order valence-electron chi connectivity index (χ1n) is 7.92. The topological polar surface area (TPSA) is 34.9 Å². The van der Waals surface area contributed by atoms with Crippen molar-refractivity contribution in [1.82, 2.24) is 9.55 Å². The fourth-order valence-corrected chi connectivity index (χ4v) is 3.58. The molecule has 1 aromatic heterocycles. The van der Waals surface area contributed by atoms with Gasteiger partial charge in [-0.15, -0.1) is 0 Å². The minimum atomic E-state index is -0.0215. The highest BCUT2D eigenvalue weighted by atomic mass is 35.5. The molecule has 24 heavy (non-hydrogen) atoms. The molecule has 3 nitrogen and oxygen atoms in total. The van der Waals surface area contributed by atoms with Crippen molar-refractivity contribution in [2.75, 3.05) is 5.75 Å². The molecule has 5 heteroatoms. The van der Waals surface area contributed by atoms with Crippen molar-refractivity contribution in [3.63, 3.8) is 0 Å². The van der Waals surface area contributed by atoms with Crippen molar-refractivity contribution in [1.29, 1.82) is 0 Å². The summed E-state index contributed by atoms with van der Waals surface area (Å²) in [5, 5.41) is 2.04. The Balaban J connectivity index is 2.12. The molecule has 0 spiro atoms. The largest absolute Gasteiger partial charge is 0.283 e. The summed E-state index contributed by atoms with van der Waals surface area (Å²) in [6.07, 6.45) is 0. The number of thioether (sulfide) groups is 1. The van der Waals surface area contributed by atoms with Crippen LogP contribution in [0.4, 0.5) is 0 Å². The predicted molar refractivity (Wildman–Crippen MR) is 102 cm³/mol. The molecule has 0 aliphatic heterocycles. The second-order valence-corrected chi connectivity index (χ2v) is 7.49. The van der Waals surface area contributed by atoms with Crippen LogP contribution in [0.3, 0.4) is 0 Å². The van der Waals surface area contributed by atoms with Gasteiger partial charge in [0.2, 0.25) is 0 Å². The van der Waals surface area contributed by atoms with E-state index in [2.05, 4.69) is 13.8 Å². The number of fused-ring (bicyclic) bond motifs is 1. The van der Waals surface area contributed by atoms with Crippen LogP contribution in [0.1, 0.15) is 19.4 Å². The van der Waals surface area contributed by atoms with E-state index in [1.54, 1.807) is 16.3 Å². The molecule has 124 valence electrons. The first-order valence-corrected chi connectivity index (χ1v) is 9.28. The van der Waals surface area contributed by atoms with Gasteiger partial charge >= 0.3 is 0 Å². The van der Waals surface area contributed by atoms with Crippen LogP contribution in [-0.2, 0) is 6.54 Å². The summed E-state index contributed by atoms with van der Waals surface area (Å²) in [5.41, 5.74) is 1.64. The van der Waals surface area contributed by atoms with Gasteiger partial charge in [-0.05, 0) is 29.7 Å². The second kappa shape index (κ2) is 7.41. The summed E-state index contributed by atoms with van der Waals surface area (Å²) in [6.45, 7) is 4.74. The molecule has 0 radical (unpaired) electrons. The van der Waals surface area contributed by atoms with Gasteiger partial charge in [-0.1, -0.05) is 67.5 Å². The van der Waals surface area contributed by atoms with Gasteiger partial charge in [-0.3, -0.25) is 9.36 Å². The van der Waals surface area contributed by atoms with Gasteiger partial charge in [0.05, 0.1) is 17.4 Å². The zero-order valence-corrected chi connectivity index (χ0v) is 15.3. The first-order chi connectivity index (χ1) is 11.6. The van der Waals surface area contributed by atoms with E-state index in [-0.39, 0.29) is 5.56 Å². The molecule has 1 heterocycles. The number of nitrogens with zero attached hydrogens (tertiary/aromatic N) is 2. The standard InChI is InChI=1S/C19H19ClN2OS/c1-13(2)12-24-19-21-17-10-6-4-8-15(17)18(23)22(19)11-14-7-3-5-9-16(14)20/h3-10,13H,11-12H2,1-2H3. The summed E-state index contributed by atoms with van der Waals surface area (Å²) in [5.74, 6) is 1.43. The smallest absolute Gasteiger partial charge is 0.262 e. The van der Waals surface area contributed by atoms with Crippen LogP contribution in [0.2, 0.25) is 5.02 Å². The van der Waals surface area contributed by atoms with E-state index < -0.39 is 0 Å². The lowest BCUT2D eigenvalue weighted by molar-refractivity contribution is 0.654. The monoisotopic (exact) mass is 358 g/mol. The maximum Gasteiger partial charge on any atom is 0.262 e. The molecule has 2 aromatic carbocycles. The Morgan fingerprint density at radius 2 is 1.83 bits per heavy atom. The van der Waals surface area contributed by atoms with Crippen molar-refractivity contribution in [2.24, 2.45) is 5.92 Å². The Bertz CT molecular complexity index is 921. The van der Waals surface area contributed by atoms with E-state index in [4.69, 9.17) is 16.6 Å². The Hall–Kier alpha value is -1.78. The Labute approximate surface area is 150 Å². The van der Waals surface area contributed by atoms with Crippen molar-refractivity contribution in [2.45, 2.75) is 25.5 Å². The highest BCUT2D eigenvalue weighted by Crippen LogP contribution is 2.23. The zero-order chi connectivity index (χ0) is 17.1. The van der Waals surface area contributed by atoms with Crippen LogP contribution in [0.5, 0.6) is 0 Å². The minimum absolute atomic E-state index is 0.0215. The molecule has 0 saturated heterocycles. The average Bonchev–Trinajstić information content (AvgIpc) is 2.57. The lowest BCUT2D eigenvalue weighted by atomic mass is 10.2. The Morgan fingerprint density at radius 3 is 2.58 bits per heavy atom. The molecule has 0 aliphatic rings. The fraction of sp³-hybridized carbons (Fsp3) is 0.263. The number of benzene rings is 2. The maximum absolute atomic E-state index is 13.0. The molecular formula is C19H19ClN2OS. The quantitative estimate of drug-likeness (QED) is 0.483. The van der Waals surface area contributed by atoms with Crippen LogP contribution in [0.15, 0.2) is 58.5 Å². The normalized spacial score (nSPS) is 11.3. The maximum atomic E-state index is 13.0. The summed E-state index contributed by atoms with van der Waals surface area (Å²) in [7, 11) is 0. The number of aromatic nitrogens is 2. The van der Waals surface area contributed by atoms with Crippen molar-refractivity contribution < 1.29 is 0 Å². The van der Waals surface area contributed by atoms with Gasteiger partial charge < -0.3 is 0 Å². The summed E-state index contributed by atoms with van der Waals surface area (Å²) in [4.78, 5) is 17.7.